The summed E-state index contributed by atoms with van der Waals surface area (Å²) in [6, 6.07) is 8.56. The number of nitro benzene ring substituents is 1. The number of rotatable bonds is 5. The highest BCUT2D eigenvalue weighted by atomic mass is 79.9. The Bertz CT molecular complexity index is 792. The molecule has 0 spiro atoms. The average Bonchev–Trinajstić information content (AvgIpc) is 2.67. The van der Waals surface area contributed by atoms with E-state index >= 15 is 0 Å². The zero-order valence-electron chi connectivity index (χ0n) is 14.1. The fourth-order valence-corrected chi connectivity index (χ4v) is 3.70. The standard InChI is InChI=1S/C18H19BrN4O3/c19-16-10-15(23(25)26)3-4-17(16)22-8-5-14(6-9-22)18(24)21-12-13-2-1-7-20-11-13/h1-4,7,10-11,14H,5-6,8-9,12H2,(H,21,24). The SMILES string of the molecule is O=C(NCc1cccnc1)C1CCN(c2ccc([N+](=O)[O-])cc2Br)CC1. The molecule has 8 heteroatoms. The van der Waals surface area contributed by atoms with Gasteiger partial charge in [0.25, 0.3) is 5.69 Å². The molecule has 1 aromatic carbocycles. The Balaban J connectivity index is 1.54. The predicted octanol–water partition coefficient (Wildman–Crippen LogP) is 3.29. The van der Waals surface area contributed by atoms with E-state index in [2.05, 4.69) is 31.1 Å². The number of benzene rings is 1. The van der Waals surface area contributed by atoms with Crippen molar-refractivity contribution in [3.63, 3.8) is 0 Å². The molecule has 3 rings (SSSR count). The van der Waals surface area contributed by atoms with Gasteiger partial charge >= 0.3 is 0 Å². The van der Waals surface area contributed by atoms with Crippen LogP contribution >= 0.6 is 15.9 Å². The number of amides is 1. The largest absolute Gasteiger partial charge is 0.371 e. The molecule has 0 bridgehead atoms. The van der Waals surface area contributed by atoms with Crippen LogP contribution in [0.25, 0.3) is 0 Å². The lowest BCUT2D eigenvalue weighted by Crippen LogP contribution is -2.40. The maximum Gasteiger partial charge on any atom is 0.270 e. The van der Waals surface area contributed by atoms with E-state index in [0.29, 0.717) is 11.0 Å². The smallest absolute Gasteiger partial charge is 0.270 e. The van der Waals surface area contributed by atoms with Crippen molar-refractivity contribution in [3.05, 3.63) is 62.9 Å². The summed E-state index contributed by atoms with van der Waals surface area (Å²) in [5.41, 5.74) is 1.96. The highest BCUT2D eigenvalue weighted by Gasteiger charge is 2.26. The molecule has 2 aromatic rings. The van der Waals surface area contributed by atoms with Gasteiger partial charge in [0, 0.05) is 54.6 Å². The fraction of sp³-hybridized carbons (Fsp3) is 0.333. The third kappa shape index (κ3) is 4.37. The predicted molar refractivity (Wildman–Crippen MR) is 102 cm³/mol. The van der Waals surface area contributed by atoms with E-state index in [1.165, 1.54) is 12.1 Å². The second kappa shape index (κ2) is 8.27. The zero-order chi connectivity index (χ0) is 18.5. The molecule has 1 N–H and O–H groups in total. The summed E-state index contributed by atoms with van der Waals surface area (Å²) in [7, 11) is 0. The summed E-state index contributed by atoms with van der Waals surface area (Å²) < 4.78 is 0.700. The maximum atomic E-state index is 12.4. The number of halogens is 1. The molecule has 0 unspecified atom stereocenters. The first-order valence-electron chi connectivity index (χ1n) is 8.40. The van der Waals surface area contributed by atoms with Gasteiger partial charge < -0.3 is 10.2 Å². The average molecular weight is 419 g/mol. The summed E-state index contributed by atoms with van der Waals surface area (Å²) in [6.45, 7) is 1.96. The molecule has 1 aliphatic heterocycles. The summed E-state index contributed by atoms with van der Waals surface area (Å²) in [4.78, 5) is 29.0. The number of nitro groups is 1. The van der Waals surface area contributed by atoms with E-state index in [4.69, 9.17) is 0 Å². The number of hydrogen-bond donors (Lipinski definition) is 1. The fourth-order valence-electron chi connectivity index (χ4n) is 3.08. The second-order valence-electron chi connectivity index (χ2n) is 6.23. The van der Waals surface area contributed by atoms with Crippen molar-refractivity contribution in [1.82, 2.24) is 10.3 Å². The van der Waals surface area contributed by atoms with E-state index < -0.39 is 4.92 Å². The molecule has 1 aliphatic rings. The lowest BCUT2D eigenvalue weighted by molar-refractivity contribution is -0.384. The Hall–Kier alpha value is -2.48. The highest BCUT2D eigenvalue weighted by molar-refractivity contribution is 9.10. The van der Waals surface area contributed by atoms with Gasteiger partial charge in [-0.15, -0.1) is 0 Å². The normalized spacial score (nSPS) is 14.9. The van der Waals surface area contributed by atoms with Crippen LogP contribution < -0.4 is 10.2 Å². The Morgan fingerprint density at radius 1 is 1.35 bits per heavy atom. The number of non-ortho nitro benzene ring substituents is 1. The summed E-state index contributed by atoms with van der Waals surface area (Å²) >= 11 is 3.41. The van der Waals surface area contributed by atoms with Gasteiger partial charge in [0.15, 0.2) is 0 Å². The molecular weight excluding hydrogens is 400 g/mol. The van der Waals surface area contributed by atoms with Gasteiger partial charge in [-0.05, 0) is 46.5 Å². The molecule has 0 aliphatic carbocycles. The van der Waals surface area contributed by atoms with Crippen LogP contribution in [-0.2, 0) is 11.3 Å². The third-order valence-corrected chi connectivity index (χ3v) is 5.17. The number of carbonyl (C=O) groups is 1. The second-order valence-corrected chi connectivity index (χ2v) is 7.09. The Morgan fingerprint density at radius 2 is 2.12 bits per heavy atom. The molecule has 1 saturated heterocycles. The molecule has 2 heterocycles. The number of hydrogen-bond acceptors (Lipinski definition) is 5. The Kier molecular flexibility index (Phi) is 5.82. The van der Waals surface area contributed by atoms with Crippen LogP contribution in [0, 0.1) is 16.0 Å². The molecule has 1 aromatic heterocycles. The summed E-state index contributed by atoms with van der Waals surface area (Å²) in [5, 5.41) is 13.8. The number of piperidine rings is 1. The van der Waals surface area contributed by atoms with Crippen LogP contribution in [0.4, 0.5) is 11.4 Å². The minimum Gasteiger partial charge on any atom is -0.371 e. The van der Waals surface area contributed by atoms with Crippen molar-refractivity contribution >= 4 is 33.2 Å². The first kappa shape index (κ1) is 18.3. The van der Waals surface area contributed by atoms with Crippen LogP contribution in [0.2, 0.25) is 0 Å². The monoisotopic (exact) mass is 418 g/mol. The number of anilines is 1. The van der Waals surface area contributed by atoms with E-state index in [0.717, 1.165) is 37.2 Å². The van der Waals surface area contributed by atoms with Crippen LogP contribution in [0.5, 0.6) is 0 Å². The number of nitrogens with one attached hydrogen (secondary N) is 1. The number of aromatic nitrogens is 1. The van der Waals surface area contributed by atoms with Crippen molar-refractivity contribution in [2.24, 2.45) is 5.92 Å². The first-order valence-corrected chi connectivity index (χ1v) is 9.19. The molecule has 0 radical (unpaired) electrons. The van der Waals surface area contributed by atoms with E-state index in [9.17, 15) is 14.9 Å². The maximum absolute atomic E-state index is 12.4. The molecule has 0 atom stereocenters. The highest BCUT2D eigenvalue weighted by Crippen LogP contribution is 2.32. The van der Waals surface area contributed by atoms with Gasteiger partial charge in [-0.25, -0.2) is 0 Å². The lowest BCUT2D eigenvalue weighted by atomic mass is 9.95. The van der Waals surface area contributed by atoms with Crippen LogP contribution in [0.3, 0.4) is 0 Å². The van der Waals surface area contributed by atoms with Crippen LogP contribution in [0.1, 0.15) is 18.4 Å². The lowest BCUT2D eigenvalue weighted by Gasteiger charge is -2.33. The van der Waals surface area contributed by atoms with E-state index in [-0.39, 0.29) is 17.5 Å². The molecule has 136 valence electrons. The van der Waals surface area contributed by atoms with E-state index in [1.807, 2.05) is 12.1 Å². The van der Waals surface area contributed by atoms with Gasteiger partial charge in [-0.3, -0.25) is 19.9 Å². The first-order chi connectivity index (χ1) is 12.5. The summed E-state index contributed by atoms with van der Waals surface area (Å²) in [6.07, 6.45) is 4.96. The van der Waals surface area contributed by atoms with Crippen LogP contribution in [-0.4, -0.2) is 28.9 Å². The number of carbonyl (C=O) groups excluding carboxylic acids is 1. The van der Waals surface area contributed by atoms with Crippen molar-refractivity contribution < 1.29 is 9.72 Å². The third-order valence-electron chi connectivity index (χ3n) is 4.54. The molecule has 26 heavy (non-hydrogen) atoms. The summed E-state index contributed by atoms with van der Waals surface area (Å²) in [5.74, 6) is 0.0519. The zero-order valence-corrected chi connectivity index (χ0v) is 15.7. The van der Waals surface area contributed by atoms with Gasteiger partial charge in [0.2, 0.25) is 5.91 Å². The minimum absolute atomic E-state index is 0.0141. The topological polar surface area (TPSA) is 88.4 Å². The Labute approximate surface area is 159 Å². The number of pyridine rings is 1. The van der Waals surface area contributed by atoms with Crippen molar-refractivity contribution in [2.45, 2.75) is 19.4 Å². The quantitative estimate of drug-likeness (QED) is 0.594. The Morgan fingerprint density at radius 3 is 2.73 bits per heavy atom. The molecule has 1 fully saturated rings. The van der Waals surface area contributed by atoms with Gasteiger partial charge in [0.05, 0.1) is 10.6 Å². The van der Waals surface area contributed by atoms with Crippen molar-refractivity contribution in [1.29, 1.82) is 0 Å². The van der Waals surface area contributed by atoms with E-state index in [1.54, 1.807) is 18.5 Å². The van der Waals surface area contributed by atoms with Gasteiger partial charge in [0.1, 0.15) is 0 Å². The number of nitrogens with zero attached hydrogens (tertiary/aromatic N) is 3. The van der Waals surface area contributed by atoms with Gasteiger partial charge in [-0.1, -0.05) is 6.07 Å². The van der Waals surface area contributed by atoms with Crippen LogP contribution in [0.15, 0.2) is 47.2 Å². The molecule has 7 nitrogen and oxygen atoms in total. The molecular formula is C18H19BrN4O3. The minimum atomic E-state index is -0.409. The molecule has 1 amide bonds. The van der Waals surface area contributed by atoms with Gasteiger partial charge in [-0.2, -0.15) is 0 Å². The van der Waals surface area contributed by atoms with Crippen molar-refractivity contribution in [2.75, 3.05) is 18.0 Å². The molecule has 0 saturated carbocycles. The van der Waals surface area contributed by atoms with Crippen molar-refractivity contribution in [3.8, 4) is 0 Å².